The zero-order valence-electron chi connectivity index (χ0n) is 20.4. The third kappa shape index (κ3) is 5.87. The minimum Gasteiger partial charge on any atom is -0.493 e. The van der Waals surface area contributed by atoms with Gasteiger partial charge in [0.1, 0.15) is 16.5 Å². The van der Waals surface area contributed by atoms with E-state index >= 15 is 0 Å². The molecular weight excluding hydrogens is 458 g/mol. The topological polar surface area (TPSA) is 57.7 Å². The normalized spacial score (nSPS) is 16.4. The number of hydrogen-bond donors (Lipinski definition) is 0. The van der Waals surface area contributed by atoms with Crippen LogP contribution in [0, 0.1) is 0 Å². The number of benzene rings is 2. The number of hydrogen-bond acceptors (Lipinski definition) is 6. The van der Waals surface area contributed by atoms with Gasteiger partial charge >= 0.3 is 5.97 Å². The summed E-state index contributed by atoms with van der Waals surface area (Å²) in [6, 6.07) is 14.5. The first kappa shape index (κ1) is 23.9. The van der Waals surface area contributed by atoms with Crippen LogP contribution in [0.15, 0.2) is 42.5 Å². The van der Waals surface area contributed by atoms with E-state index in [1.165, 1.54) is 46.5 Å². The molecule has 35 heavy (non-hydrogen) atoms. The van der Waals surface area contributed by atoms with E-state index in [0.29, 0.717) is 26.2 Å². The molecule has 0 fully saturated rings. The Kier molecular flexibility index (Phi) is 7.67. The lowest BCUT2D eigenvalue weighted by Gasteiger charge is -2.12. The quantitative estimate of drug-likeness (QED) is 0.239. The molecule has 184 valence electrons. The van der Waals surface area contributed by atoms with Gasteiger partial charge in [-0.2, -0.15) is 0 Å². The summed E-state index contributed by atoms with van der Waals surface area (Å²) in [5, 5.41) is 1.12. The molecule has 5 rings (SSSR count). The van der Waals surface area contributed by atoms with Crippen molar-refractivity contribution in [3.63, 3.8) is 0 Å². The second-order valence-electron chi connectivity index (χ2n) is 9.28. The third-order valence-electron chi connectivity index (χ3n) is 6.81. The van der Waals surface area contributed by atoms with Crippen molar-refractivity contribution < 1.29 is 19.0 Å². The second kappa shape index (κ2) is 11.3. The lowest BCUT2D eigenvalue weighted by molar-refractivity contribution is -0.143. The monoisotopic (exact) mass is 491 g/mol. The van der Waals surface area contributed by atoms with Gasteiger partial charge in [-0.3, -0.25) is 4.79 Å². The fourth-order valence-corrected chi connectivity index (χ4v) is 6.17. The van der Waals surface area contributed by atoms with Crippen LogP contribution in [0.1, 0.15) is 66.6 Å². The summed E-state index contributed by atoms with van der Waals surface area (Å²) in [4.78, 5) is 18.2. The highest BCUT2D eigenvalue weighted by Crippen LogP contribution is 2.37. The van der Waals surface area contributed by atoms with E-state index in [2.05, 4.69) is 24.3 Å². The standard InChI is InChI=1S/C29H33NO4S/c1-2-32-28(31)19-22-9-8-21-18-24(14-15-25(21)22)34-17-5-16-33-23-12-10-20(11-13-23)29-30-26-6-3-4-7-27(26)35-29/h10-15,18,22H,2-9,16-17,19H2,1H3/t22-/m0/s1. The average Bonchev–Trinajstić information content (AvgIpc) is 3.48. The third-order valence-corrected chi connectivity index (χ3v) is 8.01. The lowest BCUT2D eigenvalue weighted by Crippen LogP contribution is -2.08. The van der Waals surface area contributed by atoms with E-state index in [4.69, 9.17) is 19.2 Å². The fourth-order valence-electron chi connectivity index (χ4n) is 5.01. The van der Waals surface area contributed by atoms with Gasteiger partial charge in [-0.05, 0) is 98.9 Å². The van der Waals surface area contributed by atoms with Crippen LogP contribution >= 0.6 is 11.3 Å². The highest BCUT2D eigenvalue weighted by Gasteiger charge is 2.25. The number of esters is 1. The molecule has 1 aromatic heterocycles. The smallest absolute Gasteiger partial charge is 0.306 e. The molecule has 2 aromatic carbocycles. The number of nitrogens with zero attached hydrogens (tertiary/aromatic N) is 1. The van der Waals surface area contributed by atoms with Crippen molar-refractivity contribution in [3.05, 3.63) is 64.2 Å². The Morgan fingerprint density at radius 2 is 1.77 bits per heavy atom. The van der Waals surface area contributed by atoms with E-state index < -0.39 is 0 Å². The summed E-state index contributed by atoms with van der Waals surface area (Å²) in [5.41, 5.74) is 5.02. The van der Waals surface area contributed by atoms with Gasteiger partial charge in [-0.1, -0.05) is 6.07 Å². The number of aryl methyl sites for hydroxylation is 3. The molecule has 0 aliphatic heterocycles. The van der Waals surface area contributed by atoms with Crippen molar-refractivity contribution in [3.8, 4) is 22.1 Å². The number of carbonyl (C=O) groups is 1. The Morgan fingerprint density at radius 1 is 1.00 bits per heavy atom. The largest absolute Gasteiger partial charge is 0.493 e. The maximum atomic E-state index is 11.8. The average molecular weight is 492 g/mol. The molecular formula is C29H33NO4S. The highest BCUT2D eigenvalue weighted by atomic mass is 32.1. The molecule has 0 bridgehead atoms. The maximum absolute atomic E-state index is 11.8. The lowest BCUT2D eigenvalue weighted by atomic mass is 9.98. The van der Waals surface area contributed by atoms with Gasteiger partial charge in [0.25, 0.3) is 0 Å². The zero-order chi connectivity index (χ0) is 24.0. The Balaban J connectivity index is 1.05. The summed E-state index contributed by atoms with van der Waals surface area (Å²) in [6.07, 6.45) is 8.10. The summed E-state index contributed by atoms with van der Waals surface area (Å²) in [5.74, 6) is 1.91. The minimum atomic E-state index is -0.109. The van der Waals surface area contributed by atoms with Crippen LogP contribution in [0.2, 0.25) is 0 Å². The number of fused-ring (bicyclic) bond motifs is 2. The predicted molar refractivity (Wildman–Crippen MR) is 139 cm³/mol. The van der Waals surface area contributed by atoms with Crippen molar-refractivity contribution >= 4 is 17.3 Å². The van der Waals surface area contributed by atoms with Gasteiger partial charge in [0.15, 0.2) is 0 Å². The van der Waals surface area contributed by atoms with E-state index in [1.54, 1.807) is 0 Å². The molecule has 1 atom stereocenters. The van der Waals surface area contributed by atoms with Crippen LogP contribution in [0.3, 0.4) is 0 Å². The minimum absolute atomic E-state index is 0.109. The van der Waals surface area contributed by atoms with E-state index in [9.17, 15) is 4.79 Å². The Labute approximate surface area is 211 Å². The van der Waals surface area contributed by atoms with Gasteiger partial charge < -0.3 is 14.2 Å². The summed E-state index contributed by atoms with van der Waals surface area (Å²) >= 11 is 1.84. The SMILES string of the molecule is CCOC(=O)C[C@@H]1CCc2cc(OCCCOc3ccc(-c4nc5c(s4)CCCC5)cc3)ccc21. The number of ether oxygens (including phenoxy) is 3. The molecule has 0 amide bonds. The second-order valence-corrected chi connectivity index (χ2v) is 10.4. The first-order valence-corrected chi connectivity index (χ1v) is 13.6. The van der Waals surface area contributed by atoms with Gasteiger partial charge in [0.2, 0.25) is 0 Å². The summed E-state index contributed by atoms with van der Waals surface area (Å²) in [6.45, 7) is 3.50. The Bertz CT molecular complexity index is 1130. The van der Waals surface area contributed by atoms with Crippen molar-refractivity contribution in [2.24, 2.45) is 0 Å². The molecule has 0 radical (unpaired) electrons. The molecule has 6 heteroatoms. The zero-order valence-corrected chi connectivity index (χ0v) is 21.2. The molecule has 0 unspecified atom stereocenters. The van der Waals surface area contributed by atoms with Gasteiger partial charge in [0, 0.05) is 16.9 Å². The Morgan fingerprint density at radius 3 is 2.57 bits per heavy atom. The summed E-state index contributed by atoms with van der Waals surface area (Å²) < 4.78 is 17.0. The molecule has 1 heterocycles. The Hall–Kier alpha value is -2.86. The van der Waals surface area contributed by atoms with Crippen molar-refractivity contribution in [2.45, 2.75) is 64.2 Å². The molecule has 2 aliphatic carbocycles. The van der Waals surface area contributed by atoms with E-state index in [1.807, 2.05) is 36.5 Å². The fraction of sp³-hybridized carbons (Fsp3) is 0.448. The van der Waals surface area contributed by atoms with Crippen LogP contribution in [-0.4, -0.2) is 30.8 Å². The van der Waals surface area contributed by atoms with Crippen molar-refractivity contribution in [1.82, 2.24) is 4.98 Å². The van der Waals surface area contributed by atoms with E-state index in [-0.39, 0.29) is 11.9 Å². The van der Waals surface area contributed by atoms with Crippen LogP contribution in [0.5, 0.6) is 11.5 Å². The van der Waals surface area contributed by atoms with Crippen LogP contribution < -0.4 is 9.47 Å². The highest BCUT2D eigenvalue weighted by molar-refractivity contribution is 7.15. The van der Waals surface area contributed by atoms with Crippen LogP contribution in [-0.2, 0) is 28.8 Å². The van der Waals surface area contributed by atoms with Crippen LogP contribution in [0.25, 0.3) is 10.6 Å². The van der Waals surface area contributed by atoms with Gasteiger partial charge in [-0.25, -0.2) is 4.98 Å². The van der Waals surface area contributed by atoms with Crippen LogP contribution in [0.4, 0.5) is 0 Å². The number of carbonyl (C=O) groups excluding carboxylic acids is 1. The molecule has 0 N–H and O–H groups in total. The number of rotatable bonds is 10. The molecule has 0 spiro atoms. The molecule has 0 saturated heterocycles. The first-order chi connectivity index (χ1) is 17.2. The summed E-state index contributed by atoms with van der Waals surface area (Å²) in [7, 11) is 0. The van der Waals surface area contributed by atoms with Gasteiger partial charge in [-0.15, -0.1) is 11.3 Å². The maximum Gasteiger partial charge on any atom is 0.306 e. The predicted octanol–water partition coefficient (Wildman–Crippen LogP) is 6.52. The first-order valence-electron chi connectivity index (χ1n) is 12.8. The molecule has 0 saturated carbocycles. The molecule has 5 nitrogen and oxygen atoms in total. The van der Waals surface area contributed by atoms with E-state index in [0.717, 1.165) is 42.2 Å². The number of thiazole rings is 1. The molecule has 3 aromatic rings. The van der Waals surface area contributed by atoms with Gasteiger partial charge in [0.05, 0.1) is 31.9 Å². The van der Waals surface area contributed by atoms with Crippen molar-refractivity contribution in [2.75, 3.05) is 19.8 Å². The van der Waals surface area contributed by atoms with Crippen molar-refractivity contribution in [1.29, 1.82) is 0 Å². The number of aromatic nitrogens is 1. The molecule has 2 aliphatic rings.